The molecule has 1 heterocycles. The lowest BCUT2D eigenvalue weighted by atomic mass is 10.2. The van der Waals surface area contributed by atoms with Gasteiger partial charge in [0.2, 0.25) is 0 Å². The first kappa shape index (κ1) is 13.5. The molecule has 0 saturated carbocycles. The first-order valence-corrected chi connectivity index (χ1v) is 7.80. The first-order chi connectivity index (χ1) is 8.16. The highest BCUT2D eigenvalue weighted by molar-refractivity contribution is 14.1. The predicted octanol–water partition coefficient (Wildman–Crippen LogP) is 4.63. The van der Waals surface area contributed by atoms with Crippen molar-refractivity contribution in [2.45, 2.75) is 6.61 Å². The van der Waals surface area contributed by atoms with Crippen molar-refractivity contribution >= 4 is 61.1 Å². The molecule has 0 aliphatic carbocycles. The van der Waals surface area contributed by atoms with Crippen LogP contribution >= 0.6 is 61.1 Å². The number of rotatable bonds is 3. The largest absolute Gasteiger partial charge is 0.485 e. The van der Waals surface area contributed by atoms with Crippen molar-refractivity contribution in [1.82, 2.24) is 4.98 Å². The van der Waals surface area contributed by atoms with Gasteiger partial charge in [0.15, 0.2) is 5.75 Å². The molecular formula is C12H8BrI2NO. The van der Waals surface area contributed by atoms with Gasteiger partial charge in [-0.1, -0.05) is 30.3 Å². The van der Waals surface area contributed by atoms with Gasteiger partial charge >= 0.3 is 0 Å². The van der Waals surface area contributed by atoms with Crippen molar-refractivity contribution in [3.63, 3.8) is 0 Å². The lowest BCUT2D eigenvalue weighted by Gasteiger charge is -2.10. The van der Waals surface area contributed by atoms with Crippen molar-refractivity contribution in [3.05, 3.63) is 53.8 Å². The molecule has 0 bridgehead atoms. The molecule has 0 aliphatic heterocycles. The fraction of sp³-hybridized carbons (Fsp3) is 0.0833. The van der Waals surface area contributed by atoms with Crippen LogP contribution in [0.25, 0.3) is 0 Å². The second-order valence-corrected chi connectivity index (χ2v) is 6.34. The van der Waals surface area contributed by atoms with Crippen molar-refractivity contribution in [3.8, 4) is 5.75 Å². The third kappa shape index (κ3) is 3.78. The van der Waals surface area contributed by atoms with E-state index >= 15 is 0 Å². The molecule has 2 rings (SSSR count). The van der Waals surface area contributed by atoms with Crippen LogP contribution in [0.4, 0.5) is 0 Å². The molecule has 2 aromatic rings. The van der Waals surface area contributed by atoms with Crippen LogP contribution in [0.5, 0.6) is 5.75 Å². The molecular weight excluding hydrogens is 508 g/mol. The monoisotopic (exact) mass is 515 g/mol. The first-order valence-electron chi connectivity index (χ1n) is 4.85. The van der Waals surface area contributed by atoms with Gasteiger partial charge in [0, 0.05) is 0 Å². The van der Waals surface area contributed by atoms with Crippen LogP contribution in [0.3, 0.4) is 0 Å². The third-order valence-corrected chi connectivity index (χ3v) is 3.97. The number of halogens is 3. The molecule has 0 aliphatic rings. The zero-order valence-corrected chi connectivity index (χ0v) is 14.6. The summed E-state index contributed by atoms with van der Waals surface area (Å²) in [5.74, 6) is 0.801. The normalized spacial score (nSPS) is 10.3. The summed E-state index contributed by atoms with van der Waals surface area (Å²) in [6.45, 7) is 0.553. The third-order valence-electron chi connectivity index (χ3n) is 2.08. The Morgan fingerprint density at radius 2 is 1.88 bits per heavy atom. The van der Waals surface area contributed by atoms with Crippen LogP contribution in [0, 0.1) is 7.27 Å². The van der Waals surface area contributed by atoms with Crippen LogP contribution < -0.4 is 4.74 Å². The van der Waals surface area contributed by atoms with E-state index in [1.807, 2.05) is 36.4 Å². The maximum absolute atomic E-state index is 5.79. The van der Waals surface area contributed by atoms with Crippen LogP contribution in [0.15, 0.2) is 41.0 Å². The molecule has 5 heteroatoms. The van der Waals surface area contributed by atoms with E-state index < -0.39 is 0 Å². The molecule has 0 atom stereocenters. The van der Waals surface area contributed by atoms with Crippen LogP contribution in [-0.4, -0.2) is 4.98 Å². The van der Waals surface area contributed by atoms with Gasteiger partial charge in [-0.3, -0.25) is 0 Å². The molecule has 0 unspecified atom stereocenters. The zero-order valence-electron chi connectivity index (χ0n) is 8.66. The van der Waals surface area contributed by atoms with Gasteiger partial charge in [0.25, 0.3) is 0 Å². The Kier molecular flexibility index (Phi) is 5.04. The Bertz CT molecular complexity index is 496. The molecule has 0 spiro atoms. The zero-order chi connectivity index (χ0) is 12.3. The summed E-state index contributed by atoms with van der Waals surface area (Å²) in [6.07, 6.45) is 0. The summed E-state index contributed by atoms with van der Waals surface area (Å²) in [4.78, 5) is 4.32. The molecule has 0 saturated heterocycles. The Morgan fingerprint density at radius 1 is 1.18 bits per heavy atom. The number of nitrogens with zero attached hydrogens (tertiary/aromatic N) is 1. The van der Waals surface area contributed by atoms with Gasteiger partial charge in [-0.25, -0.2) is 4.98 Å². The highest BCUT2D eigenvalue weighted by Gasteiger charge is 2.09. The van der Waals surface area contributed by atoms with Gasteiger partial charge in [0.1, 0.15) is 14.9 Å². The van der Waals surface area contributed by atoms with E-state index in [9.17, 15) is 0 Å². The van der Waals surface area contributed by atoms with Crippen molar-refractivity contribution in [1.29, 1.82) is 0 Å². The van der Waals surface area contributed by atoms with Crippen molar-refractivity contribution in [2.24, 2.45) is 0 Å². The van der Waals surface area contributed by atoms with Gasteiger partial charge in [0.05, 0.1) is 3.57 Å². The van der Waals surface area contributed by atoms with Gasteiger partial charge in [-0.05, 0) is 72.7 Å². The molecule has 0 radical (unpaired) electrons. The number of hydrogen-bond acceptors (Lipinski definition) is 2. The van der Waals surface area contributed by atoms with Crippen LogP contribution in [0.2, 0.25) is 0 Å². The average Bonchev–Trinajstić information content (AvgIpc) is 2.29. The second-order valence-electron chi connectivity index (χ2n) is 3.32. The molecule has 2 nitrogen and oxygen atoms in total. The Hall–Kier alpha value is 0.110. The lowest BCUT2D eigenvalue weighted by molar-refractivity contribution is 0.300. The topological polar surface area (TPSA) is 22.1 Å². The van der Waals surface area contributed by atoms with E-state index in [4.69, 9.17) is 4.74 Å². The maximum Gasteiger partial charge on any atom is 0.165 e. The van der Waals surface area contributed by atoms with E-state index in [1.54, 1.807) is 0 Å². The highest BCUT2D eigenvalue weighted by atomic mass is 127. The van der Waals surface area contributed by atoms with E-state index in [-0.39, 0.29) is 0 Å². The number of pyridine rings is 1. The number of aromatic nitrogens is 1. The Morgan fingerprint density at radius 3 is 2.53 bits per heavy atom. The molecule has 1 aromatic carbocycles. The van der Waals surface area contributed by atoms with E-state index in [2.05, 4.69) is 66.1 Å². The summed E-state index contributed by atoms with van der Waals surface area (Å²) in [5, 5.41) is 0. The van der Waals surface area contributed by atoms with Crippen molar-refractivity contribution < 1.29 is 4.74 Å². The summed E-state index contributed by atoms with van der Waals surface area (Å²) in [6, 6.07) is 12.1. The highest BCUT2D eigenvalue weighted by Crippen LogP contribution is 2.30. The minimum atomic E-state index is 0.553. The molecule has 0 amide bonds. The summed E-state index contributed by atoms with van der Waals surface area (Å²) in [5.41, 5.74) is 1.15. The minimum Gasteiger partial charge on any atom is -0.485 e. The fourth-order valence-electron chi connectivity index (χ4n) is 1.30. The van der Waals surface area contributed by atoms with Crippen LogP contribution in [0.1, 0.15) is 5.56 Å². The minimum absolute atomic E-state index is 0.553. The van der Waals surface area contributed by atoms with Gasteiger partial charge < -0.3 is 4.74 Å². The lowest BCUT2D eigenvalue weighted by Crippen LogP contribution is -1.99. The predicted molar refractivity (Wildman–Crippen MR) is 88.1 cm³/mol. The summed E-state index contributed by atoms with van der Waals surface area (Å²) >= 11 is 7.87. The molecule has 0 fully saturated rings. The van der Waals surface area contributed by atoms with E-state index in [0.29, 0.717) is 6.61 Å². The number of benzene rings is 1. The smallest absolute Gasteiger partial charge is 0.165 e. The van der Waals surface area contributed by atoms with E-state index in [0.717, 1.165) is 23.2 Å². The van der Waals surface area contributed by atoms with Gasteiger partial charge in [-0.2, -0.15) is 0 Å². The summed E-state index contributed by atoms with van der Waals surface area (Å²) in [7, 11) is 0. The molecule has 0 N–H and O–H groups in total. The molecule has 17 heavy (non-hydrogen) atoms. The fourth-order valence-corrected chi connectivity index (χ4v) is 4.38. The second kappa shape index (κ2) is 6.33. The maximum atomic E-state index is 5.79. The number of hydrogen-bond donors (Lipinski definition) is 0. The average molecular weight is 516 g/mol. The SMILES string of the molecule is Brc1nc(I)cc(I)c1OCc1ccccc1. The van der Waals surface area contributed by atoms with Gasteiger partial charge in [-0.15, -0.1) is 0 Å². The Balaban J connectivity index is 2.15. The van der Waals surface area contributed by atoms with Crippen LogP contribution in [-0.2, 0) is 6.61 Å². The Labute approximate surface area is 136 Å². The van der Waals surface area contributed by atoms with E-state index in [1.165, 1.54) is 0 Å². The standard InChI is InChI=1S/C12H8BrI2NO/c13-12-11(9(14)6-10(15)16-12)17-7-8-4-2-1-3-5-8/h1-6H,7H2. The molecule has 88 valence electrons. The molecule has 1 aromatic heterocycles. The number of ether oxygens (including phenoxy) is 1. The van der Waals surface area contributed by atoms with Crippen molar-refractivity contribution in [2.75, 3.05) is 0 Å². The quantitative estimate of drug-likeness (QED) is 0.439. The summed E-state index contributed by atoms with van der Waals surface area (Å²) < 4.78 is 8.55.